The van der Waals surface area contributed by atoms with Gasteiger partial charge in [-0.1, -0.05) is 24.6 Å². The molecule has 29 heavy (non-hydrogen) atoms. The quantitative estimate of drug-likeness (QED) is 0.740. The summed E-state index contributed by atoms with van der Waals surface area (Å²) in [6.07, 6.45) is 6.69. The van der Waals surface area contributed by atoms with Crippen molar-refractivity contribution >= 4 is 11.8 Å². The van der Waals surface area contributed by atoms with E-state index in [1.807, 2.05) is 30.3 Å². The number of hydrogen-bond donors (Lipinski definition) is 2. The van der Waals surface area contributed by atoms with Crippen LogP contribution in [0.15, 0.2) is 48.7 Å². The molecule has 3 unspecified atom stereocenters. The number of nitrogens with one attached hydrogen (secondary N) is 2. The summed E-state index contributed by atoms with van der Waals surface area (Å²) in [5, 5.41) is 0. The summed E-state index contributed by atoms with van der Waals surface area (Å²) in [4.78, 5) is 29.7. The van der Waals surface area contributed by atoms with Gasteiger partial charge < -0.3 is 4.74 Å². The fourth-order valence-electron chi connectivity index (χ4n) is 5.13. The van der Waals surface area contributed by atoms with Crippen LogP contribution in [-0.4, -0.2) is 23.9 Å². The predicted octanol–water partition coefficient (Wildman–Crippen LogP) is 2.83. The van der Waals surface area contributed by atoms with E-state index < -0.39 is 5.41 Å². The molecule has 152 valence electrons. The van der Waals surface area contributed by atoms with Gasteiger partial charge in [-0.2, -0.15) is 0 Å². The number of aromatic nitrogens is 1. The number of amides is 2. The van der Waals surface area contributed by atoms with Gasteiger partial charge in [0, 0.05) is 11.9 Å². The molecule has 2 bridgehead atoms. The molecule has 2 aliphatic carbocycles. The van der Waals surface area contributed by atoms with Crippen molar-refractivity contribution in [2.75, 3.05) is 7.11 Å². The number of pyridine rings is 1. The maximum absolute atomic E-state index is 13.3. The van der Waals surface area contributed by atoms with Gasteiger partial charge in [-0.15, -0.1) is 0 Å². The minimum absolute atomic E-state index is 0.0816. The third kappa shape index (κ3) is 4.11. The highest BCUT2D eigenvalue weighted by Gasteiger charge is 2.55. The lowest BCUT2D eigenvalue weighted by Crippen LogP contribution is -2.52. The molecular weight excluding hydrogens is 366 g/mol. The number of fused-ring (bicyclic) bond motifs is 2. The normalized spacial score (nSPS) is 24.9. The molecule has 2 amide bonds. The maximum Gasteiger partial charge on any atom is 0.245 e. The maximum atomic E-state index is 13.3. The Bertz CT molecular complexity index is 886. The molecule has 0 saturated heterocycles. The summed E-state index contributed by atoms with van der Waals surface area (Å²) in [5.74, 6) is 1.40. The van der Waals surface area contributed by atoms with Crippen molar-refractivity contribution < 1.29 is 14.3 Å². The van der Waals surface area contributed by atoms with Crippen LogP contribution < -0.4 is 15.6 Å². The van der Waals surface area contributed by atoms with Crippen LogP contribution in [0.25, 0.3) is 0 Å². The standard InChI is InChI=1S/C23H27N3O3/c1-29-20-7-4-5-16(12-20)14-23(15-17-8-9-18(23)11-17)22(28)26-25-21(27)13-19-6-2-3-10-24-19/h2-7,10,12,17-18H,8-9,11,13-15H2,1H3,(H,25,27)(H,26,28). The van der Waals surface area contributed by atoms with Crippen molar-refractivity contribution in [2.45, 2.75) is 38.5 Å². The molecule has 1 heterocycles. The second-order valence-electron chi connectivity index (χ2n) is 8.26. The van der Waals surface area contributed by atoms with Crippen molar-refractivity contribution in [3.05, 3.63) is 59.9 Å². The largest absolute Gasteiger partial charge is 0.497 e. The Morgan fingerprint density at radius 2 is 2.07 bits per heavy atom. The first kappa shape index (κ1) is 19.4. The average molecular weight is 393 g/mol. The van der Waals surface area contributed by atoms with Crippen LogP contribution in [0.3, 0.4) is 0 Å². The number of nitrogens with zero attached hydrogens (tertiary/aromatic N) is 1. The van der Waals surface area contributed by atoms with Crippen LogP contribution in [-0.2, 0) is 22.4 Å². The number of benzene rings is 1. The first-order valence-electron chi connectivity index (χ1n) is 10.2. The van der Waals surface area contributed by atoms with E-state index in [2.05, 4.69) is 15.8 Å². The number of hydrogen-bond acceptors (Lipinski definition) is 4. The number of carbonyl (C=O) groups is 2. The van der Waals surface area contributed by atoms with E-state index >= 15 is 0 Å². The van der Waals surface area contributed by atoms with Gasteiger partial charge in [0.05, 0.1) is 18.9 Å². The van der Waals surface area contributed by atoms with Crippen LogP contribution in [0.2, 0.25) is 0 Å². The van der Waals surface area contributed by atoms with E-state index in [0.717, 1.165) is 30.6 Å². The molecule has 1 aromatic carbocycles. The Kier molecular flexibility index (Phi) is 5.51. The second kappa shape index (κ2) is 8.23. The fraction of sp³-hybridized carbons (Fsp3) is 0.435. The van der Waals surface area contributed by atoms with Crippen molar-refractivity contribution in [1.29, 1.82) is 0 Å². The summed E-state index contributed by atoms with van der Waals surface area (Å²) in [7, 11) is 1.65. The Morgan fingerprint density at radius 1 is 1.17 bits per heavy atom. The van der Waals surface area contributed by atoms with Gasteiger partial charge in [0.2, 0.25) is 11.8 Å². The van der Waals surface area contributed by atoms with Crippen LogP contribution in [0.5, 0.6) is 5.75 Å². The van der Waals surface area contributed by atoms with Crippen LogP contribution >= 0.6 is 0 Å². The van der Waals surface area contributed by atoms with E-state index in [1.165, 1.54) is 6.42 Å². The van der Waals surface area contributed by atoms with Gasteiger partial charge in [-0.25, -0.2) is 0 Å². The van der Waals surface area contributed by atoms with E-state index in [4.69, 9.17) is 4.74 Å². The number of methoxy groups -OCH3 is 1. The van der Waals surface area contributed by atoms with Gasteiger partial charge in [-0.05, 0) is 67.3 Å². The summed E-state index contributed by atoms with van der Waals surface area (Å²) < 4.78 is 5.35. The highest BCUT2D eigenvalue weighted by molar-refractivity contribution is 5.87. The zero-order valence-electron chi connectivity index (χ0n) is 16.7. The second-order valence-corrected chi connectivity index (χ2v) is 8.26. The van der Waals surface area contributed by atoms with Crippen LogP contribution in [0, 0.1) is 17.3 Å². The van der Waals surface area contributed by atoms with E-state index in [9.17, 15) is 9.59 Å². The van der Waals surface area contributed by atoms with Crippen molar-refractivity contribution in [3.8, 4) is 5.75 Å². The van der Waals surface area contributed by atoms with E-state index in [0.29, 0.717) is 24.0 Å². The molecule has 6 heteroatoms. The topological polar surface area (TPSA) is 80.3 Å². The highest BCUT2D eigenvalue weighted by atomic mass is 16.5. The van der Waals surface area contributed by atoms with Crippen LogP contribution in [0.1, 0.15) is 36.9 Å². The number of hydrazine groups is 1. The highest BCUT2D eigenvalue weighted by Crippen LogP contribution is 2.57. The van der Waals surface area contributed by atoms with Crippen molar-refractivity contribution in [3.63, 3.8) is 0 Å². The Balaban J connectivity index is 1.45. The minimum atomic E-state index is -0.479. The predicted molar refractivity (Wildman–Crippen MR) is 109 cm³/mol. The average Bonchev–Trinajstić information content (AvgIpc) is 3.35. The molecule has 2 N–H and O–H groups in total. The zero-order chi connectivity index (χ0) is 20.3. The number of rotatable bonds is 6. The molecule has 2 fully saturated rings. The van der Waals surface area contributed by atoms with Gasteiger partial charge in [0.1, 0.15) is 5.75 Å². The smallest absolute Gasteiger partial charge is 0.245 e. The molecular formula is C23H27N3O3. The summed E-state index contributed by atoms with van der Waals surface area (Å²) >= 11 is 0. The zero-order valence-corrected chi connectivity index (χ0v) is 16.7. The van der Waals surface area contributed by atoms with Gasteiger partial charge in [0.15, 0.2) is 0 Å². The summed E-state index contributed by atoms with van der Waals surface area (Å²) in [5.41, 5.74) is 6.60. The molecule has 0 spiro atoms. The molecule has 0 aliphatic heterocycles. The SMILES string of the molecule is COc1cccc(CC2(C(=O)NNC(=O)Cc3ccccn3)CC3CCC2C3)c1. The molecule has 4 rings (SSSR count). The molecule has 2 aliphatic rings. The molecule has 6 nitrogen and oxygen atoms in total. The first-order valence-corrected chi connectivity index (χ1v) is 10.2. The Hall–Kier alpha value is -2.89. The van der Waals surface area contributed by atoms with Gasteiger partial charge in [0.25, 0.3) is 0 Å². The van der Waals surface area contributed by atoms with E-state index in [-0.39, 0.29) is 18.2 Å². The summed E-state index contributed by atoms with van der Waals surface area (Å²) in [6, 6.07) is 13.4. The minimum Gasteiger partial charge on any atom is -0.497 e. The Labute approximate surface area is 171 Å². The number of carbonyl (C=O) groups excluding carboxylic acids is 2. The van der Waals surface area contributed by atoms with Crippen LogP contribution in [0.4, 0.5) is 0 Å². The van der Waals surface area contributed by atoms with Gasteiger partial charge in [-0.3, -0.25) is 25.4 Å². The van der Waals surface area contributed by atoms with Gasteiger partial charge >= 0.3 is 0 Å². The first-order chi connectivity index (χ1) is 14.1. The molecule has 0 radical (unpaired) electrons. The molecule has 2 saturated carbocycles. The lowest BCUT2D eigenvalue weighted by molar-refractivity contribution is -0.138. The third-order valence-electron chi connectivity index (χ3n) is 6.46. The molecule has 3 atom stereocenters. The Morgan fingerprint density at radius 3 is 2.76 bits per heavy atom. The molecule has 1 aromatic heterocycles. The monoisotopic (exact) mass is 393 g/mol. The molecule has 2 aromatic rings. The van der Waals surface area contributed by atoms with E-state index in [1.54, 1.807) is 25.4 Å². The summed E-state index contributed by atoms with van der Waals surface area (Å²) in [6.45, 7) is 0. The lowest BCUT2D eigenvalue weighted by atomic mass is 9.68. The fourth-order valence-corrected chi connectivity index (χ4v) is 5.13. The third-order valence-corrected chi connectivity index (χ3v) is 6.46. The number of ether oxygens (including phenoxy) is 1. The van der Waals surface area contributed by atoms with Crippen molar-refractivity contribution in [2.24, 2.45) is 17.3 Å². The van der Waals surface area contributed by atoms with Crippen molar-refractivity contribution in [1.82, 2.24) is 15.8 Å². The lowest BCUT2D eigenvalue weighted by Gasteiger charge is -2.36.